The van der Waals surface area contributed by atoms with Crippen LogP contribution in [0, 0.1) is 0 Å². The van der Waals surface area contributed by atoms with Crippen molar-refractivity contribution in [3.63, 3.8) is 0 Å². The third-order valence-corrected chi connectivity index (χ3v) is 2.20. The second-order valence-electron chi connectivity index (χ2n) is 3.97. The molecule has 1 unspecified atom stereocenters. The summed E-state index contributed by atoms with van der Waals surface area (Å²) >= 11 is 0. The van der Waals surface area contributed by atoms with Crippen molar-refractivity contribution in [1.29, 1.82) is 0 Å². The molecule has 0 saturated heterocycles. The summed E-state index contributed by atoms with van der Waals surface area (Å²) in [5.74, 6) is -1.71. The molecular formula is C10H14N2O5. The lowest BCUT2D eigenvalue weighted by Crippen LogP contribution is -2.46. The number of carboxylic acid groups (broad SMARTS) is 1. The lowest BCUT2D eigenvalue weighted by Gasteiger charge is -2.18. The van der Waals surface area contributed by atoms with E-state index in [0.717, 1.165) is 0 Å². The molecule has 0 fully saturated rings. The smallest absolute Gasteiger partial charge is 0.322 e. The number of hydrogen-bond donors (Lipinski definition) is 4. The standard InChI is InChI=1S/C10H14N2O5/c1-4(2)12-5(10(16)17)3-11-6-7(13)9(15)8(6)14/h4-5,11-13H,3H2,1-2H3,(H,16,17). The van der Waals surface area contributed by atoms with Gasteiger partial charge in [0, 0.05) is 12.6 Å². The summed E-state index contributed by atoms with van der Waals surface area (Å²) in [4.78, 5) is 32.5. The fraction of sp³-hybridized carbons (Fsp3) is 0.500. The minimum atomic E-state index is -1.08. The molecule has 1 atom stereocenters. The van der Waals surface area contributed by atoms with Gasteiger partial charge < -0.3 is 20.8 Å². The Balaban J connectivity index is 2.62. The van der Waals surface area contributed by atoms with Gasteiger partial charge in [0.25, 0.3) is 10.9 Å². The van der Waals surface area contributed by atoms with Crippen molar-refractivity contribution in [2.45, 2.75) is 25.9 Å². The average Bonchev–Trinajstić information content (AvgIpc) is 2.26. The number of rotatable bonds is 6. The van der Waals surface area contributed by atoms with Crippen molar-refractivity contribution >= 4 is 11.7 Å². The summed E-state index contributed by atoms with van der Waals surface area (Å²) in [6, 6.07) is -0.946. The van der Waals surface area contributed by atoms with Crippen molar-refractivity contribution in [1.82, 2.24) is 5.32 Å². The molecule has 1 aromatic carbocycles. The summed E-state index contributed by atoms with van der Waals surface area (Å²) in [6.45, 7) is 3.47. The molecule has 94 valence electrons. The Labute approximate surface area is 96.8 Å². The lowest BCUT2D eigenvalue weighted by atomic mass is 10.2. The van der Waals surface area contributed by atoms with E-state index in [-0.39, 0.29) is 18.3 Å². The third kappa shape index (κ3) is 2.82. The second-order valence-corrected chi connectivity index (χ2v) is 3.97. The molecular weight excluding hydrogens is 228 g/mol. The minimum absolute atomic E-state index is 0.0424. The van der Waals surface area contributed by atoms with E-state index in [0.29, 0.717) is 0 Å². The molecule has 7 heteroatoms. The predicted molar refractivity (Wildman–Crippen MR) is 61.2 cm³/mol. The van der Waals surface area contributed by atoms with Crippen LogP contribution in [0.25, 0.3) is 0 Å². The maximum Gasteiger partial charge on any atom is 0.322 e. The summed E-state index contributed by atoms with van der Waals surface area (Å²) in [5.41, 5.74) is -1.99. The third-order valence-electron chi connectivity index (χ3n) is 2.20. The van der Waals surface area contributed by atoms with Gasteiger partial charge in [-0.2, -0.15) is 0 Å². The number of aromatic hydroxyl groups is 1. The van der Waals surface area contributed by atoms with Gasteiger partial charge >= 0.3 is 5.97 Å². The first-order valence-corrected chi connectivity index (χ1v) is 5.09. The summed E-state index contributed by atoms with van der Waals surface area (Å²) in [7, 11) is 0. The molecule has 0 radical (unpaired) electrons. The van der Waals surface area contributed by atoms with Crippen molar-refractivity contribution in [3.05, 3.63) is 20.4 Å². The van der Waals surface area contributed by atoms with E-state index in [1.807, 2.05) is 0 Å². The van der Waals surface area contributed by atoms with Crippen LogP contribution >= 0.6 is 0 Å². The maximum absolute atomic E-state index is 11.0. The van der Waals surface area contributed by atoms with E-state index in [4.69, 9.17) is 10.2 Å². The van der Waals surface area contributed by atoms with Crippen LogP contribution in [-0.4, -0.2) is 34.8 Å². The van der Waals surface area contributed by atoms with Gasteiger partial charge in [0.05, 0.1) is 0 Å². The van der Waals surface area contributed by atoms with Gasteiger partial charge in [-0.3, -0.25) is 14.4 Å². The van der Waals surface area contributed by atoms with Crippen LogP contribution in [-0.2, 0) is 4.79 Å². The van der Waals surface area contributed by atoms with E-state index in [2.05, 4.69) is 10.6 Å². The van der Waals surface area contributed by atoms with Crippen molar-refractivity contribution in [2.24, 2.45) is 0 Å². The van der Waals surface area contributed by atoms with Crippen LogP contribution in [0.5, 0.6) is 5.75 Å². The van der Waals surface area contributed by atoms with E-state index < -0.39 is 28.6 Å². The first kappa shape index (κ1) is 13.2. The zero-order chi connectivity index (χ0) is 13.2. The van der Waals surface area contributed by atoms with Gasteiger partial charge in [-0.05, 0) is 0 Å². The molecule has 0 heterocycles. The normalized spacial score (nSPS) is 12.9. The van der Waals surface area contributed by atoms with Gasteiger partial charge in [0.1, 0.15) is 11.7 Å². The van der Waals surface area contributed by atoms with Gasteiger partial charge in [-0.25, -0.2) is 0 Å². The molecule has 7 nitrogen and oxygen atoms in total. The number of carboxylic acids is 1. The van der Waals surface area contributed by atoms with Crippen LogP contribution in [0.3, 0.4) is 0 Å². The molecule has 0 aliphatic rings. The lowest BCUT2D eigenvalue weighted by molar-refractivity contribution is -0.139. The van der Waals surface area contributed by atoms with Crippen LogP contribution in [0.2, 0.25) is 0 Å². The Hall–Kier alpha value is -1.89. The topological polar surface area (TPSA) is 116 Å². The monoisotopic (exact) mass is 242 g/mol. The number of hydrogen-bond acceptors (Lipinski definition) is 6. The van der Waals surface area contributed by atoms with Gasteiger partial charge in [0.2, 0.25) is 0 Å². The highest BCUT2D eigenvalue weighted by Crippen LogP contribution is 2.14. The first-order chi connectivity index (χ1) is 7.84. The summed E-state index contributed by atoms with van der Waals surface area (Å²) in [5, 5.41) is 23.1. The molecule has 0 aliphatic heterocycles. The molecule has 0 amide bonds. The van der Waals surface area contributed by atoms with Crippen LogP contribution in [0.1, 0.15) is 13.8 Å². The first-order valence-electron chi connectivity index (χ1n) is 5.09. The SMILES string of the molecule is CC(C)NC(CNc1c(O)c(=O)c1=O)C(=O)O. The molecule has 17 heavy (non-hydrogen) atoms. The molecule has 1 rings (SSSR count). The number of nitrogens with one attached hydrogen (secondary N) is 2. The largest absolute Gasteiger partial charge is 0.502 e. The molecule has 4 N–H and O–H groups in total. The van der Waals surface area contributed by atoms with E-state index in [1.54, 1.807) is 13.8 Å². The highest BCUT2D eigenvalue weighted by molar-refractivity contribution is 5.74. The Morgan fingerprint density at radius 3 is 2.29 bits per heavy atom. The summed E-state index contributed by atoms with van der Waals surface area (Å²) < 4.78 is 0. The van der Waals surface area contributed by atoms with Crippen molar-refractivity contribution in [2.75, 3.05) is 11.9 Å². The maximum atomic E-state index is 11.0. The van der Waals surface area contributed by atoms with Crippen LogP contribution in [0.4, 0.5) is 5.69 Å². The highest BCUT2D eigenvalue weighted by atomic mass is 16.4. The van der Waals surface area contributed by atoms with Crippen molar-refractivity contribution in [3.8, 4) is 5.75 Å². The predicted octanol–water partition coefficient (Wildman–Crippen LogP) is -1.15. The number of aliphatic carboxylic acids is 1. The van der Waals surface area contributed by atoms with Crippen molar-refractivity contribution < 1.29 is 15.0 Å². The minimum Gasteiger partial charge on any atom is -0.502 e. The van der Waals surface area contributed by atoms with Crippen LogP contribution in [0.15, 0.2) is 9.59 Å². The Morgan fingerprint density at radius 1 is 1.29 bits per heavy atom. The molecule has 0 aromatic heterocycles. The second kappa shape index (κ2) is 4.96. The van der Waals surface area contributed by atoms with Gasteiger partial charge in [-0.15, -0.1) is 0 Å². The Morgan fingerprint density at radius 2 is 1.88 bits per heavy atom. The van der Waals surface area contributed by atoms with E-state index >= 15 is 0 Å². The Bertz CT molecular complexity index is 487. The molecule has 0 bridgehead atoms. The zero-order valence-corrected chi connectivity index (χ0v) is 9.48. The zero-order valence-electron chi connectivity index (χ0n) is 9.48. The number of carbonyl (C=O) groups is 1. The molecule has 0 saturated carbocycles. The fourth-order valence-electron chi connectivity index (χ4n) is 1.37. The summed E-state index contributed by atoms with van der Waals surface area (Å²) in [6.07, 6.45) is 0. The molecule has 0 spiro atoms. The quantitative estimate of drug-likeness (QED) is 0.465. The van der Waals surface area contributed by atoms with E-state index in [9.17, 15) is 14.4 Å². The molecule has 0 aliphatic carbocycles. The molecule has 1 aromatic rings. The number of anilines is 1. The Kier molecular flexibility index (Phi) is 3.84. The average molecular weight is 242 g/mol. The van der Waals surface area contributed by atoms with Gasteiger partial charge in [-0.1, -0.05) is 13.8 Å². The van der Waals surface area contributed by atoms with Gasteiger partial charge in [0.15, 0.2) is 5.75 Å². The fourth-order valence-corrected chi connectivity index (χ4v) is 1.37. The highest BCUT2D eigenvalue weighted by Gasteiger charge is 2.23. The van der Waals surface area contributed by atoms with E-state index in [1.165, 1.54) is 0 Å². The van der Waals surface area contributed by atoms with Crippen LogP contribution < -0.4 is 21.5 Å².